The van der Waals surface area contributed by atoms with Gasteiger partial charge in [0, 0.05) is 0 Å². The Morgan fingerprint density at radius 1 is 1.29 bits per heavy atom. The van der Waals surface area contributed by atoms with Crippen molar-refractivity contribution in [3.63, 3.8) is 0 Å². The highest BCUT2D eigenvalue weighted by atomic mass is 16.5. The number of rotatable bonds is 4. The molecule has 1 N–H and O–H groups in total. The van der Waals surface area contributed by atoms with Gasteiger partial charge in [0.15, 0.2) is 0 Å². The van der Waals surface area contributed by atoms with E-state index in [1.807, 2.05) is 38.1 Å². The van der Waals surface area contributed by atoms with E-state index in [-0.39, 0.29) is 12.7 Å². The van der Waals surface area contributed by atoms with Gasteiger partial charge in [-0.25, -0.2) is 0 Å². The van der Waals surface area contributed by atoms with Crippen LogP contribution in [0.3, 0.4) is 0 Å². The zero-order chi connectivity index (χ0) is 12.3. The third-order valence-electron chi connectivity index (χ3n) is 2.04. The lowest BCUT2D eigenvalue weighted by Gasteiger charge is -2.09. The quantitative estimate of drug-likeness (QED) is 0.852. The summed E-state index contributed by atoms with van der Waals surface area (Å²) in [4.78, 5) is 1.37. The first-order valence-corrected chi connectivity index (χ1v) is 5.36. The Morgan fingerprint density at radius 2 is 2.00 bits per heavy atom. The van der Waals surface area contributed by atoms with Crippen molar-refractivity contribution in [3.05, 3.63) is 30.1 Å². The summed E-state index contributed by atoms with van der Waals surface area (Å²) in [6, 6.07) is 7.36. The first-order valence-electron chi connectivity index (χ1n) is 5.36. The Hall–Kier alpha value is -1.95. The van der Waals surface area contributed by atoms with E-state index in [4.69, 9.17) is 9.84 Å². The minimum Gasteiger partial charge on any atom is -0.491 e. The van der Waals surface area contributed by atoms with Crippen molar-refractivity contribution in [2.24, 2.45) is 0 Å². The number of aliphatic hydroxyl groups excluding tert-OH is 1. The van der Waals surface area contributed by atoms with Gasteiger partial charge in [-0.15, -0.1) is 15.0 Å². The number of hydrogen-bond donors (Lipinski definition) is 1. The molecule has 2 aromatic rings. The van der Waals surface area contributed by atoms with E-state index in [2.05, 4.69) is 15.4 Å². The van der Waals surface area contributed by atoms with Crippen molar-refractivity contribution < 1.29 is 9.84 Å². The second-order valence-corrected chi connectivity index (χ2v) is 3.81. The molecule has 90 valence electrons. The van der Waals surface area contributed by atoms with E-state index in [0.29, 0.717) is 5.82 Å². The van der Waals surface area contributed by atoms with E-state index in [1.165, 1.54) is 4.80 Å². The zero-order valence-corrected chi connectivity index (χ0v) is 9.74. The Balaban J connectivity index is 2.17. The summed E-state index contributed by atoms with van der Waals surface area (Å²) in [6.45, 7) is 3.73. The largest absolute Gasteiger partial charge is 0.491 e. The number of hydrogen-bond acceptors (Lipinski definition) is 5. The number of aliphatic hydroxyl groups is 1. The van der Waals surface area contributed by atoms with Crippen LogP contribution in [0.1, 0.15) is 19.7 Å². The molecule has 0 atom stereocenters. The number of nitrogens with zero attached hydrogens (tertiary/aromatic N) is 4. The van der Waals surface area contributed by atoms with E-state index in [0.717, 1.165) is 11.4 Å². The van der Waals surface area contributed by atoms with Crippen molar-refractivity contribution in [2.75, 3.05) is 0 Å². The maximum Gasteiger partial charge on any atom is 0.200 e. The second kappa shape index (κ2) is 4.92. The molecule has 0 aliphatic heterocycles. The molecule has 0 radical (unpaired) electrons. The number of ether oxygens (including phenoxy) is 1. The monoisotopic (exact) mass is 234 g/mol. The molecule has 2 rings (SSSR count). The van der Waals surface area contributed by atoms with Gasteiger partial charge in [0.05, 0.1) is 11.8 Å². The Kier molecular flexibility index (Phi) is 3.34. The van der Waals surface area contributed by atoms with Gasteiger partial charge in [0.25, 0.3) is 0 Å². The lowest BCUT2D eigenvalue weighted by Crippen LogP contribution is -2.05. The van der Waals surface area contributed by atoms with Crippen LogP contribution in [-0.4, -0.2) is 31.4 Å². The summed E-state index contributed by atoms with van der Waals surface area (Å²) in [5.74, 6) is 1.10. The fraction of sp³-hybridized carbons (Fsp3) is 0.364. The van der Waals surface area contributed by atoms with E-state index >= 15 is 0 Å². The molecule has 0 amide bonds. The number of aromatic nitrogens is 4. The number of tetrazole rings is 1. The van der Waals surface area contributed by atoms with Crippen LogP contribution < -0.4 is 4.74 Å². The summed E-state index contributed by atoms with van der Waals surface area (Å²) in [6.07, 6.45) is 0.145. The SMILES string of the molecule is CC(C)Oc1ccc(-n2nnc(CO)n2)cc1. The highest BCUT2D eigenvalue weighted by Gasteiger charge is 2.04. The van der Waals surface area contributed by atoms with Crippen LogP contribution >= 0.6 is 0 Å². The molecule has 6 heteroatoms. The van der Waals surface area contributed by atoms with Crippen molar-refractivity contribution in [1.29, 1.82) is 0 Å². The summed E-state index contributed by atoms with van der Waals surface area (Å²) < 4.78 is 5.53. The van der Waals surface area contributed by atoms with Gasteiger partial charge in [-0.05, 0) is 43.3 Å². The average Bonchev–Trinajstić information content (AvgIpc) is 2.78. The molecule has 1 aromatic heterocycles. The maximum absolute atomic E-state index is 8.84. The molecule has 0 saturated carbocycles. The predicted octanol–water partition coefficient (Wildman–Crippen LogP) is 0.942. The molecule has 0 aliphatic carbocycles. The first-order chi connectivity index (χ1) is 8.19. The molecule has 0 aliphatic rings. The van der Waals surface area contributed by atoms with E-state index in [9.17, 15) is 0 Å². The van der Waals surface area contributed by atoms with Gasteiger partial charge >= 0.3 is 0 Å². The fourth-order valence-electron chi connectivity index (χ4n) is 1.35. The summed E-state index contributed by atoms with van der Waals surface area (Å²) in [7, 11) is 0. The summed E-state index contributed by atoms with van der Waals surface area (Å²) in [5, 5.41) is 20.3. The lowest BCUT2D eigenvalue weighted by atomic mass is 10.3. The molecule has 0 bridgehead atoms. The van der Waals surface area contributed by atoms with Crippen molar-refractivity contribution in [2.45, 2.75) is 26.6 Å². The molecular weight excluding hydrogens is 220 g/mol. The van der Waals surface area contributed by atoms with Gasteiger partial charge in [0.1, 0.15) is 12.4 Å². The smallest absolute Gasteiger partial charge is 0.200 e. The van der Waals surface area contributed by atoms with Gasteiger partial charge < -0.3 is 9.84 Å². The average molecular weight is 234 g/mol. The first kappa shape index (κ1) is 11.5. The van der Waals surface area contributed by atoms with Crippen LogP contribution in [0.2, 0.25) is 0 Å². The third kappa shape index (κ3) is 2.79. The second-order valence-electron chi connectivity index (χ2n) is 3.81. The fourth-order valence-corrected chi connectivity index (χ4v) is 1.35. The van der Waals surface area contributed by atoms with Crippen LogP contribution in [0, 0.1) is 0 Å². The molecule has 0 saturated heterocycles. The zero-order valence-electron chi connectivity index (χ0n) is 9.74. The Labute approximate surface area is 98.8 Å². The van der Waals surface area contributed by atoms with Crippen molar-refractivity contribution in [3.8, 4) is 11.4 Å². The topological polar surface area (TPSA) is 73.1 Å². The standard InChI is InChI=1S/C11H14N4O2/c1-8(2)17-10-5-3-9(4-6-10)15-13-11(7-16)12-14-15/h3-6,8,16H,7H2,1-2H3. The maximum atomic E-state index is 8.84. The van der Waals surface area contributed by atoms with E-state index < -0.39 is 0 Å². The van der Waals surface area contributed by atoms with Crippen molar-refractivity contribution >= 4 is 0 Å². The molecule has 6 nitrogen and oxygen atoms in total. The van der Waals surface area contributed by atoms with Crippen LogP contribution in [0.25, 0.3) is 5.69 Å². The summed E-state index contributed by atoms with van der Waals surface area (Å²) >= 11 is 0. The summed E-state index contributed by atoms with van der Waals surface area (Å²) in [5.41, 5.74) is 0.772. The van der Waals surface area contributed by atoms with E-state index in [1.54, 1.807) is 0 Å². The van der Waals surface area contributed by atoms with Gasteiger partial charge in [-0.2, -0.15) is 0 Å². The van der Waals surface area contributed by atoms with Crippen molar-refractivity contribution in [1.82, 2.24) is 20.2 Å². The van der Waals surface area contributed by atoms with Crippen LogP contribution in [-0.2, 0) is 6.61 Å². The van der Waals surface area contributed by atoms with Crippen LogP contribution in [0.15, 0.2) is 24.3 Å². The molecule has 1 aromatic carbocycles. The highest BCUT2D eigenvalue weighted by Crippen LogP contribution is 2.15. The van der Waals surface area contributed by atoms with Gasteiger partial charge in [0.2, 0.25) is 5.82 Å². The third-order valence-corrected chi connectivity index (χ3v) is 2.04. The lowest BCUT2D eigenvalue weighted by molar-refractivity contribution is 0.242. The Morgan fingerprint density at radius 3 is 2.53 bits per heavy atom. The highest BCUT2D eigenvalue weighted by molar-refractivity contribution is 5.35. The Bertz CT molecular complexity index is 478. The van der Waals surface area contributed by atoms with Gasteiger partial charge in [-0.1, -0.05) is 0 Å². The van der Waals surface area contributed by atoms with Crippen LogP contribution in [0.5, 0.6) is 5.75 Å². The molecule has 17 heavy (non-hydrogen) atoms. The predicted molar refractivity (Wildman–Crippen MR) is 60.8 cm³/mol. The molecular formula is C11H14N4O2. The molecule has 0 fully saturated rings. The molecule has 0 unspecified atom stereocenters. The van der Waals surface area contributed by atoms with Crippen LogP contribution in [0.4, 0.5) is 0 Å². The normalized spacial score (nSPS) is 10.8. The minimum atomic E-state index is -0.214. The van der Waals surface area contributed by atoms with Gasteiger partial charge in [-0.3, -0.25) is 0 Å². The molecule has 1 heterocycles. The minimum absolute atomic E-state index is 0.145. The number of benzene rings is 1. The molecule has 0 spiro atoms.